The number of methoxy groups -OCH3 is 1. The average Bonchev–Trinajstić information content (AvgIpc) is 2.61. The first-order valence-corrected chi connectivity index (χ1v) is 9.21. The second kappa shape index (κ2) is 13.1. The summed E-state index contributed by atoms with van der Waals surface area (Å²) < 4.78 is 5.11. The van der Waals surface area contributed by atoms with Crippen molar-refractivity contribution in [2.24, 2.45) is 21.5 Å². The molecule has 0 bridgehead atoms. The highest BCUT2D eigenvalue weighted by Gasteiger charge is 1.98. The van der Waals surface area contributed by atoms with Crippen molar-refractivity contribution in [3.63, 3.8) is 0 Å². The number of nitrogens with two attached hydrogens (primary N) is 2. The van der Waals surface area contributed by atoms with Crippen LogP contribution in [0.25, 0.3) is 0 Å². The highest BCUT2D eigenvalue weighted by Crippen LogP contribution is 2.14. The Morgan fingerprint density at radius 2 is 1.56 bits per heavy atom. The van der Waals surface area contributed by atoms with E-state index in [2.05, 4.69) is 22.2 Å². The Hall–Kier alpha value is -2.24. The van der Waals surface area contributed by atoms with E-state index in [0.717, 1.165) is 17.9 Å². The third kappa shape index (κ3) is 10.3. The van der Waals surface area contributed by atoms with Gasteiger partial charge in [0.1, 0.15) is 5.75 Å². The zero-order valence-corrected chi connectivity index (χ0v) is 15.6. The van der Waals surface area contributed by atoms with Crippen LogP contribution >= 0.6 is 0 Å². The van der Waals surface area contributed by atoms with Crippen molar-refractivity contribution >= 4 is 17.6 Å². The number of anilines is 1. The quantitative estimate of drug-likeness (QED) is 0.321. The Bertz CT molecular complexity index is 525. The van der Waals surface area contributed by atoms with Crippen LogP contribution in [-0.2, 0) is 0 Å². The highest BCUT2D eigenvalue weighted by atomic mass is 16.5. The van der Waals surface area contributed by atoms with Crippen molar-refractivity contribution < 1.29 is 4.74 Å². The number of hydrogen-bond donors (Lipinski definition) is 3. The molecule has 6 nitrogen and oxygen atoms in total. The van der Waals surface area contributed by atoms with Crippen molar-refractivity contribution in [3.8, 4) is 5.75 Å². The minimum absolute atomic E-state index is 0.210. The van der Waals surface area contributed by atoms with E-state index in [1.165, 1.54) is 44.9 Å². The molecule has 1 aromatic rings. The predicted octanol–water partition coefficient (Wildman–Crippen LogP) is 3.88. The Kier molecular flexibility index (Phi) is 10.9. The summed E-state index contributed by atoms with van der Waals surface area (Å²) in [7, 11) is 1.63. The van der Waals surface area contributed by atoms with Gasteiger partial charge < -0.3 is 21.5 Å². The summed E-state index contributed by atoms with van der Waals surface area (Å²) in [6, 6.07) is 7.40. The van der Waals surface area contributed by atoms with Gasteiger partial charge in [0.25, 0.3) is 0 Å². The lowest BCUT2D eigenvalue weighted by atomic mass is 10.1. The molecule has 0 heterocycles. The number of hydrogen-bond acceptors (Lipinski definition) is 2. The highest BCUT2D eigenvalue weighted by molar-refractivity contribution is 6.00. The molecule has 140 valence electrons. The zero-order chi connectivity index (χ0) is 18.3. The second-order valence-electron chi connectivity index (χ2n) is 6.07. The van der Waals surface area contributed by atoms with Gasteiger partial charge >= 0.3 is 0 Å². The Morgan fingerprint density at radius 1 is 0.960 bits per heavy atom. The first-order valence-electron chi connectivity index (χ1n) is 9.21. The third-order valence-electron chi connectivity index (χ3n) is 3.88. The lowest BCUT2D eigenvalue weighted by Gasteiger charge is -2.06. The first-order chi connectivity index (χ1) is 12.2. The molecule has 0 spiro atoms. The van der Waals surface area contributed by atoms with E-state index >= 15 is 0 Å². The van der Waals surface area contributed by atoms with Gasteiger partial charge in [-0.1, -0.05) is 51.9 Å². The van der Waals surface area contributed by atoms with Gasteiger partial charge in [0.05, 0.1) is 7.11 Å². The zero-order valence-electron chi connectivity index (χ0n) is 15.6. The molecule has 0 aromatic heterocycles. The molecule has 0 fully saturated rings. The number of guanidine groups is 2. The van der Waals surface area contributed by atoms with Crippen LogP contribution in [0, 0.1) is 0 Å². The van der Waals surface area contributed by atoms with Crippen LogP contribution in [0.15, 0.2) is 34.3 Å². The van der Waals surface area contributed by atoms with E-state index in [4.69, 9.17) is 16.2 Å². The molecular weight excluding hydrogens is 314 g/mol. The molecule has 6 heteroatoms. The summed E-state index contributed by atoms with van der Waals surface area (Å²) >= 11 is 0. The maximum atomic E-state index is 5.83. The standard InChI is InChI=1S/C19H33N5O/c1-3-4-5-6-7-8-9-10-15-22-18(20)24-19(21)23-16-11-13-17(25-2)14-12-16/h11-14H,3-10,15H2,1-2H3,(H5,20,21,22,23,24). The Labute approximate surface area is 151 Å². The Morgan fingerprint density at radius 3 is 2.16 bits per heavy atom. The topological polar surface area (TPSA) is 98.0 Å². The molecule has 0 amide bonds. The normalized spacial score (nSPS) is 12.2. The van der Waals surface area contributed by atoms with Crippen molar-refractivity contribution in [1.82, 2.24) is 0 Å². The fraction of sp³-hybridized carbons (Fsp3) is 0.579. The molecule has 0 saturated carbocycles. The molecule has 0 radical (unpaired) electrons. The summed E-state index contributed by atoms with van der Waals surface area (Å²) in [5.74, 6) is 1.22. The lowest BCUT2D eigenvalue weighted by molar-refractivity contribution is 0.415. The van der Waals surface area contributed by atoms with E-state index in [1.54, 1.807) is 7.11 Å². The van der Waals surface area contributed by atoms with Crippen LogP contribution < -0.4 is 21.5 Å². The minimum Gasteiger partial charge on any atom is -0.497 e. The molecule has 1 rings (SSSR count). The second-order valence-corrected chi connectivity index (χ2v) is 6.07. The summed E-state index contributed by atoms with van der Waals surface area (Å²) in [6.45, 7) is 2.93. The number of nitrogens with zero attached hydrogens (tertiary/aromatic N) is 2. The molecule has 0 saturated heterocycles. The number of aliphatic imine (C=N–C) groups is 2. The number of benzene rings is 1. The van der Waals surface area contributed by atoms with E-state index < -0.39 is 0 Å². The van der Waals surface area contributed by atoms with E-state index in [0.29, 0.717) is 6.54 Å². The molecule has 0 unspecified atom stereocenters. The predicted molar refractivity (Wildman–Crippen MR) is 107 cm³/mol. The first kappa shape index (κ1) is 20.8. The maximum absolute atomic E-state index is 5.83. The molecule has 1 aromatic carbocycles. The molecule has 0 atom stereocenters. The van der Waals surface area contributed by atoms with E-state index in [1.807, 2.05) is 24.3 Å². The van der Waals surface area contributed by atoms with E-state index in [9.17, 15) is 0 Å². The van der Waals surface area contributed by atoms with Gasteiger partial charge in [-0.3, -0.25) is 4.99 Å². The lowest BCUT2D eigenvalue weighted by Crippen LogP contribution is -2.26. The van der Waals surface area contributed by atoms with Gasteiger partial charge in [-0.05, 0) is 30.7 Å². The van der Waals surface area contributed by atoms with Crippen LogP contribution in [0.1, 0.15) is 58.3 Å². The van der Waals surface area contributed by atoms with Gasteiger partial charge in [0.15, 0.2) is 0 Å². The molecule has 25 heavy (non-hydrogen) atoms. The van der Waals surface area contributed by atoms with Gasteiger partial charge in [-0.15, -0.1) is 0 Å². The number of nitrogens with one attached hydrogen (secondary N) is 1. The fourth-order valence-corrected chi connectivity index (χ4v) is 2.45. The molecular formula is C19H33N5O. The molecule has 0 aliphatic heterocycles. The van der Waals surface area contributed by atoms with Gasteiger partial charge in [0.2, 0.25) is 11.9 Å². The van der Waals surface area contributed by atoms with Crippen LogP contribution in [0.5, 0.6) is 5.75 Å². The van der Waals surface area contributed by atoms with Crippen molar-refractivity contribution in [3.05, 3.63) is 24.3 Å². The summed E-state index contributed by atoms with van der Waals surface area (Å²) in [6.07, 6.45) is 10.2. The largest absolute Gasteiger partial charge is 0.497 e. The summed E-state index contributed by atoms with van der Waals surface area (Å²) in [5, 5.41) is 2.97. The van der Waals surface area contributed by atoms with Gasteiger partial charge in [-0.2, -0.15) is 4.99 Å². The van der Waals surface area contributed by atoms with Crippen LogP contribution in [0.2, 0.25) is 0 Å². The number of unbranched alkanes of at least 4 members (excludes halogenated alkanes) is 7. The number of ether oxygens (including phenoxy) is 1. The molecule has 0 aliphatic carbocycles. The summed E-state index contributed by atoms with van der Waals surface area (Å²) in [5.41, 5.74) is 12.4. The third-order valence-corrected chi connectivity index (χ3v) is 3.88. The van der Waals surface area contributed by atoms with Crippen LogP contribution in [-0.4, -0.2) is 25.6 Å². The van der Waals surface area contributed by atoms with Gasteiger partial charge in [0, 0.05) is 12.2 Å². The minimum atomic E-state index is 0.210. The summed E-state index contributed by atoms with van der Waals surface area (Å²) in [4.78, 5) is 8.31. The van der Waals surface area contributed by atoms with Crippen LogP contribution in [0.3, 0.4) is 0 Å². The van der Waals surface area contributed by atoms with Crippen molar-refractivity contribution in [2.75, 3.05) is 19.0 Å². The SMILES string of the molecule is CCCCCCCCCCN=C(N)N=C(N)Nc1ccc(OC)cc1. The number of rotatable bonds is 11. The van der Waals surface area contributed by atoms with Crippen molar-refractivity contribution in [2.45, 2.75) is 58.3 Å². The molecule has 5 N–H and O–H groups in total. The van der Waals surface area contributed by atoms with E-state index in [-0.39, 0.29) is 11.9 Å². The van der Waals surface area contributed by atoms with Crippen molar-refractivity contribution in [1.29, 1.82) is 0 Å². The Balaban J connectivity index is 2.22. The fourth-order valence-electron chi connectivity index (χ4n) is 2.45. The van der Waals surface area contributed by atoms with Crippen LogP contribution in [0.4, 0.5) is 5.69 Å². The smallest absolute Gasteiger partial charge is 0.218 e. The monoisotopic (exact) mass is 347 g/mol. The maximum Gasteiger partial charge on any atom is 0.218 e. The molecule has 0 aliphatic rings. The van der Waals surface area contributed by atoms with Gasteiger partial charge in [-0.25, -0.2) is 0 Å². The average molecular weight is 348 g/mol.